The fourth-order valence-corrected chi connectivity index (χ4v) is 2.98. The molecule has 1 aliphatic rings. The first kappa shape index (κ1) is 15.6. The van der Waals surface area contributed by atoms with E-state index in [4.69, 9.17) is 9.84 Å². The number of H-pyrrole nitrogens is 1. The van der Waals surface area contributed by atoms with Crippen molar-refractivity contribution >= 4 is 22.8 Å². The van der Waals surface area contributed by atoms with E-state index in [2.05, 4.69) is 4.98 Å². The van der Waals surface area contributed by atoms with E-state index in [0.29, 0.717) is 18.7 Å². The lowest BCUT2D eigenvalue weighted by molar-refractivity contribution is -0.137. The van der Waals surface area contributed by atoms with Gasteiger partial charge in [0.05, 0.1) is 12.5 Å². The minimum absolute atomic E-state index is 0.00169. The first-order valence-electron chi connectivity index (χ1n) is 7.84. The van der Waals surface area contributed by atoms with Crippen LogP contribution in [-0.4, -0.2) is 52.7 Å². The molecule has 1 saturated heterocycles. The van der Waals surface area contributed by atoms with Crippen LogP contribution in [0.3, 0.4) is 0 Å². The minimum atomic E-state index is -0.907. The highest BCUT2D eigenvalue weighted by atomic mass is 16.5. The number of benzene rings is 1. The predicted octanol–water partition coefficient (Wildman–Crippen LogP) is 2.26. The molecular weight excluding hydrogens is 296 g/mol. The molecule has 2 aromatic rings. The van der Waals surface area contributed by atoms with Crippen molar-refractivity contribution in [3.63, 3.8) is 0 Å². The largest absolute Gasteiger partial charge is 0.481 e. The van der Waals surface area contributed by atoms with E-state index in [9.17, 15) is 9.59 Å². The fourth-order valence-electron chi connectivity index (χ4n) is 2.98. The molecule has 0 radical (unpaired) electrons. The van der Waals surface area contributed by atoms with Crippen LogP contribution >= 0.6 is 0 Å². The number of carbonyl (C=O) groups excluding carboxylic acids is 1. The number of aromatic nitrogens is 1. The summed E-state index contributed by atoms with van der Waals surface area (Å²) in [5.74, 6) is -1.05. The number of hydrogen-bond acceptors (Lipinski definition) is 3. The molecule has 2 N–H and O–H groups in total. The van der Waals surface area contributed by atoms with Gasteiger partial charge in [0.25, 0.3) is 5.91 Å². The zero-order chi connectivity index (χ0) is 16.2. The van der Waals surface area contributed by atoms with Gasteiger partial charge in [-0.25, -0.2) is 0 Å². The predicted molar refractivity (Wildman–Crippen MR) is 85.4 cm³/mol. The molecule has 1 amide bonds. The molecule has 0 saturated carbocycles. The molecule has 1 aromatic heterocycles. The highest BCUT2D eigenvalue weighted by Gasteiger charge is 2.24. The Labute approximate surface area is 134 Å². The normalized spacial score (nSPS) is 17.5. The van der Waals surface area contributed by atoms with Crippen LogP contribution in [0.5, 0.6) is 0 Å². The van der Waals surface area contributed by atoms with Gasteiger partial charge >= 0.3 is 5.97 Å². The topological polar surface area (TPSA) is 82.6 Å². The molecule has 6 nitrogen and oxygen atoms in total. The standard InChI is InChI=1S/C17H20N2O4/c20-16(21)7-9-19(11-12-3-2-10-23-12)17(22)14-4-1-5-15-13(14)6-8-18-15/h1,4-6,8,12,18H,2-3,7,9-11H2,(H,20,21)/t12-/m1/s1. The minimum Gasteiger partial charge on any atom is -0.481 e. The number of aromatic amines is 1. The second-order valence-electron chi connectivity index (χ2n) is 5.77. The zero-order valence-electron chi connectivity index (χ0n) is 12.8. The summed E-state index contributed by atoms with van der Waals surface area (Å²) in [6.07, 6.45) is 3.62. The molecule has 1 aliphatic heterocycles. The maximum Gasteiger partial charge on any atom is 0.305 e. The van der Waals surface area contributed by atoms with E-state index >= 15 is 0 Å². The molecular formula is C17H20N2O4. The van der Waals surface area contributed by atoms with Crippen LogP contribution in [0.15, 0.2) is 30.5 Å². The van der Waals surface area contributed by atoms with Gasteiger partial charge in [-0.05, 0) is 31.0 Å². The van der Waals surface area contributed by atoms with Crippen LogP contribution in [0.2, 0.25) is 0 Å². The molecule has 23 heavy (non-hydrogen) atoms. The number of hydrogen-bond donors (Lipinski definition) is 2. The number of fused-ring (bicyclic) bond motifs is 1. The lowest BCUT2D eigenvalue weighted by Crippen LogP contribution is -2.38. The number of carboxylic acid groups (broad SMARTS) is 1. The smallest absolute Gasteiger partial charge is 0.305 e. The van der Waals surface area contributed by atoms with E-state index in [1.54, 1.807) is 17.2 Å². The molecule has 0 unspecified atom stereocenters. The Hall–Kier alpha value is -2.34. The number of carboxylic acids is 1. The summed E-state index contributed by atoms with van der Waals surface area (Å²) in [5.41, 5.74) is 1.48. The van der Waals surface area contributed by atoms with Crippen molar-refractivity contribution in [3.8, 4) is 0 Å². The van der Waals surface area contributed by atoms with E-state index < -0.39 is 5.97 Å². The van der Waals surface area contributed by atoms with Crippen molar-refractivity contribution in [3.05, 3.63) is 36.0 Å². The Morgan fingerprint density at radius 1 is 1.35 bits per heavy atom. The Bertz CT molecular complexity index is 703. The van der Waals surface area contributed by atoms with Crippen molar-refractivity contribution in [1.29, 1.82) is 0 Å². The van der Waals surface area contributed by atoms with E-state index in [-0.39, 0.29) is 25.0 Å². The van der Waals surface area contributed by atoms with Gasteiger partial charge in [-0.3, -0.25) is 9.59 Å². The zero-order valence-corrected chi connectivity index (χ0v) is 12.8. The van der Waals surface area contributed by atoms with Crippen LogP contribution in [-0.2, 0) is 9.53 Å². The molecule has 1 atom stereocenters. The van der Waals surface area contributed by atoms with E-state index in [0.717, 1.165) is 23.7 Å². The van der Waals surface area contributed by atoms with Crippen LogP contribution in [0.4, 0.5) is 0 Å². The summed E-state index contributed by atoms with van der Waals surface area (Å²) in [7, 11) is 0. The lowest BCUT2D eigenvalue weighted by atomic mass is 10.1. The highest BCUT2D eigenvalue weighted by molar-refractivity contribution is 6.06. The molecule has 2 heterocycles. The van der Waals surface area contributed by atoms with Crippen molar-refractivity contribution in [2.75, 3.05) is 19.7 Å². The van der Waals surface area contributed by atoms with Crippen LogP contribution in [0.25, 0.3) is 10.9 Å². The third-order valence-electron chi connectivity index (χ3n) is 4.16. The van der Waals surface area contributed by atoms with Crippen molar-refractivity contribution in [2.24, 2.45) is 0 Å². The molecule has 1 aromatic carbocycles. The third kappa shape index (κ3) is 3.53. The van der Waals surface area contributed by atoms with Gasteiger partial charge in [-0.15, -0.1) is 0 Å². The molecule has 1 fully saturated rings. The van der Waals surface area contributed by atoms with E-state index in [1.165, 1.54) is 0 Å². The van der Waals surface area contributed by atoms with Crippen LogP contribution < -0.4 is 0 Å². The number of nitrogens with zero attached hydrogens (tertiary/aromatic N) is 1. The number of carbonyl (C=O) groups is 2. The number of rotatable bonds is 6. The fraction of sp³-hybridized carbons (Fsp3) is 0.412. The Kier molecular flexibility index (Phi) is 4.62. The lowest BCUT2D eigenvalue weighted by Gasteiger charge is -2.25. The summed E-state index contributed by atoms with van der Waals surface area (Å²) in [6.45, 7) is 1.33. The maximum atomic E-state index is 12.9. The van der Waals surface area contributed by atoms with Crippen molar-refractivity contribution < 1.29 is 19.4 Å². The summed E-state index contributed by atoms with van der Waals surface area (Å²) in [6, 6.07) is 7.38. The van der Waals surface area contributed by atoms with Gasteiger partial charge in [0, 0.05) is 42.4 Å². The summed E-state index contributed by atoms with van der Waals surface area (Å²) in [4.78, 5) is 28.5. The Morgan fingerprint density at radius 3 is 2.96 bits per heavy atom. The molecule has 0 bridgehead atoms. The average Bonchev–Trinajstić information content (AvgIpc) is 3.21. The Morgan fingerprint density at radius 2 is 2.22 bits per heavy atom. The Balaban J connectivity index is 1.83. The number of ether oxygens (including phenoxy) is 1. The van der Waals surface area contributed by atoms with Crippen molar-refractivity contribution in [1.82, 2.24) is 9.88 Å². The molecule has 6 heteroatoms. The van der Waals surface area contributed by atoms with Gasteiger partial charge in [-0.2, -0.15) is 0 Å². The quantitative estimate of drug-likeness (QED) is 0.856. The van der Waals surface area contributed by atoms with Gasteiger partial charge < -0.3 is 19.7 Å². The average molecular weight is 316 g/mol. The summed E-state index contributed by atoms with van der Waals surface area (Å²) in [5, 5.41) is 9.79. The van der Waals surface area contributed by atoms with Crippen LogP contribution in [0.1, 0.15) is 29.6 Å². The van der Waals surface area contributed by atoms with Crippen LogP contribution in [0, 0.1) is 0 Å². The summed E-state index contributed by atoms with van der Waals surface area (Å²) >= 11 is 0. The van der Waals surface area contributed by atoms with Gasteiger partial charge in [-0.1, -0.05) is 6.07 Å². The number of aliphatic carboxylic acids is 1. The monoisotopic (exact) mass is 316 g/mol. The first-order chi connectivity index (χ1) is 11.1. The highest BCUT2D eigenvalue weighted by Crippen LogP contribution is 2.21. The molecule has 3 rings (SSSR count). The number of nitrogens with one attached hydrogen (secondary N) is 1. The van der Waals surface area contributed by atoms with Crippen molar-refractivity contribution in [2.45, 2.75) is 25.4 Å². The molecule has 122 valence electrons. The van der Waals surface area contributed by atoms with Gasteiger partial charge in [0.15, 0.2) is 0 Å². The molecule has 0 aliphatic carbocycles. The third-order valence-corrected chi connectivity index (χ3v) is 4.16. The molecule has 0 spiro atoms. The SMILES string of the molecule is O=C(O)CCN(C[C@H]1CCCO1)C(=O)c1cccc2[nH]ccc12. The van der Waals surface area contributed by atoms with E-state index in [1.807, 2.05) is 18.2 Å². The second-order valence-corrected chi connectivity index (χ2v) is 5.77. The maximum absolute atomic E-state index is 12.9. The van der Waals surface area contributed by atoms with Gasteiger partial charge in [0.2, 0.25) is 0 Å². The number of amides is 1. The summed E-state index contributed by atoms with van der Waals surface area (Å²) < 4.78 is 5.60. The van der Waals surface area contributed by atoms with Gasteiger partial charge in [0.1, 0.15) is 0 Å². The second kappa shape index (κ2) is 6.83. The first-order valence-corrected chi connectivity index (χ1v) is 7.84.